The third-order valence-corrected chi connectivity index (χ3v) is 6.70. The van der Waals surface area contributed by atoms with Gasteiger partial charge in [0.05, 0.1) is 34.2 Å². The number of amides is 2. The van der Waals surface area contributed by atoms with Gasteiger partial charge < -0.3 is 10.6 Å². The first kappa shape index (κ1) is 19.1. The second-order valence-electron chi connectivity index (χ2n) is 7.67. The number of azo groups is 1. The van der Waals surface area contributed by atoms with Gasteiger partial charge in [-0.3, -0.25) is 9.59 Å². The number of fused-ring (bicyclic) bond motifs is 3. The third kappa shape index (κ3) is 3.32. The summed E-state index contributed by atoms with van der Waals surface area (Å²) in [4.78, 5) is 36.9. The normalized spacial score (nSPS) is 24.4. The van der Waals surface area contributed by atoms with Crippen molar-refractivity contribution >= 4 is 51.8 Å². The molecule has 1 aromatic carbocycles. The summed E-state index contributed by atoms with van der Waals surface area (Å²) in [6.07, 6.45) is 9.84. The maximum absolute atomic E-state index is 11.8. The average molecular weight is 442 g/mol. The summed E-state index contributed by atoms with van der Waals surface area (Å²) in [6.45, 7) is 0. The smallest absolute Gasteiger partial charge is 0.247 e. The summed E-state index contributed by atoms with van der Waals surface area (Å²) in [5.41, 5.74) is 4.91. The highest BCUT2D eigenvalue weighted by Crippen LogP contribution is 2.33. The molecule has 2 atom stereocenters. The number of carbonyl (C=O) groups is 2. The molecule has 1 saturated heterocycles. The summed E-state index contributed by atoms with van der Waals surface area (Å²) in [6, 6.07) is 5.44. The Hall–Kier alpha value is -3.66. The van der Waals surface area contributed by atoms with E-state index >= 15 is 0 Å². The van der Waals surface area contributed by atoms with E-state index in [0.717, 1.165) is 11.1 Å². The van der Waals surface area contributed by atoms with Crippen molar-refractivity contribution in [1.29, 1.82) is 0 Å². The van der Waals surface area contributed by atoms with Crippen molar-refractivity contribution in [2.45, 2.75) is 24.3 Å². The Bertz CT molecular complexity index is 1340. The molecule has 157 valence electrons. The second kappa shape index (κ2) is 7.49. The lowest BCUT2D eigenvalue weighted by Gasteiger charge is -2.28. The van der Waals surface area contributed by atoms with Gasteiger partial charge in [-0.15, -0.1) is 11.8 Å². The second-order valence-corrected chi connectivity index (χ2v) is 8.78. The molecule has 0 aliphatic carbocycles. The molecule has 9 nitrogen and oxygen atoms in total. The van der Waals surface area contributed by atoms with Gasteiger partial charge >= 0.3 is 0 Å². The molecule has 32 heavy (non-hydrogen) atoms. The zero-order valence-corrected chi connectivity index (χ0v) is 17.5. The first-order chi connectivity index (χ1) is 15.6. The Morgan fingerprint density at radius 3 is 3.03 bits per heavy atom. The lowest BCUT2D eigenvalue weighted by atomic mass is 10.0. The molecular weight excluding hydrogens is 426 g/mol. The van der Waals surface area contributed by atoms with Crippen LogP contribution in [0, 0.1) is 6.20 Å². The first-order valence-corrected chi connectivity index (χ1v) is 11.2. The van der Waals surface area contributed by atoms with Gasteiger partial charge in [0, 0.05) is 12.0 Å². The molecule has 4 aliphatic heterocycles. The number of amidine groups is 1. The van der Waals surface area contributed by atoms with E-state index in [0.29, 0.717) is 52.6 Å². The zero-order valence-electron chi connectivity index (χ0n) is 16.7. The predicted molar refractivity (Wildman–Crippen MR) is 120 cm³/mol. The molecule has 1 fully saturated rings. The minimum absolute atomic E-state index is 0.00890. The molecule has 5 heterocycles. The molecule has 1 aromatic heterocycles. The number of carbonyl (C=O) groups excluding carboxylic acids is 2. The van der Waals surface area contributed by atoms with Crippen LogP contribution in [0.25, 0.3) is 22.4 Å². The van der Waals surface area contributed by atoms with Gasteiger partial charge in [-0.1, -0.05) is 18.2 Å². The number of rotatable bonds is 2. The zero-order chi connectivity index (χ0) is 21.7. The SMILES string of the molecule is O=C1CCC2=CC=C(c3[c]nc4cccc(C5=CC6NC(=O)CSC6N=N5)c4n3)NC2=N1. The standard InChI is InChI=1S/C22H16N7O2S/c30-18-7-5-11-4-6-13(26-21(11)27-18)17-9-23-14-3-1-2-12(20(14)25-17)15-8-16-22(29-28-15)32-10-19(31)24-16/h1-4,6,8,16,22H,5,7,10H2,(H,24,31)(H,26,27,30). The van der Waals surface area contributed by atoms with Gasteiger partial charge in [-0.2, -0.15) is 15.2 Å². The third-order valence-electron chi connectivity index (χ3n) is 5.54. The molecule has 0 bridgehead atoms. The summed E-state index contributed by atoms with van der Waals surface area (Å²) in [5.74, 6) is 0.799. The summed E-state index contributed by atoms with van der Waals surface area (Å²) >= 11 is 1.48. The van der Waals surface area contributed by atoms with Crippen LogP contribution in [-0.4, -0.2) is 44.8 Å². The molecule has 2 N–H and O–H groups in total. The molecule has 4 aliphatic rings. The Kier molecular flexibility index (Phi) is 4.46. The van der Waals surface area contributed by atoms with Crippen LogP contribution >= 0.6 is 11.8 Å². The number of aliphatic imine (C=N–C) groups is 1. The van der Waals surface area contributed by atoms with E-state index in [1.807, 2.05) is 36.4 Å². The van der Waals surface area contributed by atoms with Gasteiger partial charge in [-0.05, 0) is 30.2 Å². The lowest BCUT2D eigenvalue weighted by molar-refractivity contribution is -0.119. The molecule has 10 heteroatoms. The number of aromatic nitrogens is 2. The minimum Gasteiger partial charge on any atom is -0.346 e. The molecule has 2 unspecified atom stereocenters. The molecule has 0 spiro atoms. The van der Waals surface area contributed by atoms with Crippen LogP contribution in [0.15, 0.2) is 57.2 Å². The van der Waals surface area contributed by atoms with E-state index < -0.39 is 0 Å². The Balaban J connectivity index is 1.39. The summed E-state index contributed by atoms with van der Waals surface area (Å²) in [5, 5.41) is 14.8. The number of para-hydroxylation sites is 1. The highest BCUT2D eigenvalue weighted by Gasteiger charge is 2.31. The van der Waals surface area contributed by atoms with Gasteiger partial charge in [0.1, 0.15) is 23.1 Å². The molecular formula is C22H16N7O2S. The fourth-order valence-electron chi connectivity index (χ4n) is 3.95. The highest BCUT2D eigenvalue weighted by molar-refractivity contribution is 8.00. The van der Waals surface area contributed by atoms with Crippen LogP contribution in [0.1, 0.15) is 24.1 Å². The van der Waals surface area contributed by atoms with Crippen molar-refractivity contribution in [2.75, 3.05) is 5.75 Å². The van der Waals surface area contributed by atoms with E-state index in [4.69, 9.17) is 4.98 Å². The van der Waals surface area contributed by atoms with Crippen LogP contribution < -0.4 is 10.6 Å². The van der Waals surface area contributed by atoms with Gasteiger partial charge in [-0.25, -0.2) is 9.97 Å². The Morgan fingerprint density at radius 1 is 1.16 bits per heavy atom. The van der Waals surface area contributed by atoms with Crippen LogP contribution in [0.2, 0.25) is 0 Å². The van der Waals surface area contributed by atoms with E-state index in [1.165, 1.54) is 11.8 Å². The van der Waals surface area contributed by atoms with Crippen molar-refractivity contribution in [2.24, 2.45) is 15.2 Å². The van der Waals surface area contributed by atoms with Crippen molar-refractivity contribution < 1.29 is 9.59 Å². The van der Waals surface area contributed by atoms with E-state index in [1.54, 1.807) is 0 Å². The lowest BCUT2D eigenvalue weighted by Crippen LogP contribution is -2.46. The van der Waals surface area contributed by atoms with E-state index in [9.17, 15) is 9.59 Å². The number of nitrogens with zero attached hydrogens (tertiary/aromatic N) is 5. The number of thioether (sulfide) groups is 1. The van der Waals surface area contributed by atoms with Gasteiger partial charge in [0.25, 0.3) is 0 Å². The van der Waals surface area contributed by atoms with Crippen molar-refractivity contribution in [1.82, 2.24) is 20.6 Å². The van der Waals surface area contributed by atoms with Crippen molar-refractivity contribution in [3.63, 3.8) is 0 Å². The van der Waals surface area contributed by atoms with E-state index in [-0.39, 0.29) is 23.2 Å². The maximum Gasteiger partial charge on any atom is 0.247 e. The first-order valence-electron chi connectivity index (χ1n) is 10.2. The number of hydrogen-bond acceptors (Lipinski definition) is 8. The van der Waals surface area contributed by atoms with Crippen LogP contribution in [0.5, 0.6) is 0 Å². The maximum atomic E-state index is 11.8. The number of dihydropyridines is 1. The predicted octanol–water partition coefficient (Wildman–Crippen LogP) is 2.38. The fraction of sp³-hybridized carbons (Fsp3) is 0.227. The highest BCUT2D eigenvalue weighted by atomic mass is 32.2. The number of nitrogens with one attached hydrogen (secondary N) is 2. The molecule has 6 rings (SSSR count). The van der Waals surface area contributed by atoms with Gasteiger partial charge in [0.2, 0.25) is 11.8 Å². The quantitative estimate of drug-likeness (QED) is 0.737. The molecule has 2 aromatic rings. The average Bonchev–Trinajstić information content (AvgIpc) is 2.82. The Morgan fingerprint density at radius 2 is 2.09 bits per heavy atom. The van der Waals surface area contributed by atoms with Crippen LogP contribution in [0.4, 0.5) is 0 Å². The van der Waals surface area contributed by atoms with Crippen molar-refractivity contribution in [3.05, 3.63) is 59.5 Å². The Labute approximate surface area is 186 Å². The summed E-state index contributed by atoms with van der Waals surface area (Å²) < 4.78 is 0. The van der Waals surface area contributed by atoms with Crippen LogP contribution in [-0.2, 0) is 9.59 Å². The largest absolute Gasteiger partial charge is 0.346 e. The molecule has 2 amide bonds. The number of allylic oxidation sites excluding steroid dienone is 2. The number of benzene rings is 1. The van der Waals surface area contributed by atoms with Crippen molar-refractivity contribution in [3.8, 4) is 0 Å². The number of hydrogen-bond donors (Lipinski definition) is 2. The molecule has 1 radical (unpaired) electrons. The minimum atomic E-state index is -0.208. The summed E-state index contributed by atoms with van der Waals surface area (Å²) in [7, 11) is 0. The van der Waals surface area contributed by atoms with Gasteiger partial charge in [0.15, 0.2) is 0 Å². The topological polar surface area (TPSA) is 121 Å². The molecule has 0 saturated carbocycles. The van der Waals surface area contributed by atoms with E-state index in [2.05, 4.69) is 37.0 Å². The van der Waals surface area contributed by atoms with Crippen LogP contribution in [0.3, 0.4) is 0 Å². The monoisotopic (exact) mass is 442 g/mol. The fourth-order valence-corrected chi connectivity index (χ4v) is 4.82.